The lowest BCUT2D eigenvalue weighted by Gasteiger charge is -2.22. The first-order valence-corrected chi connectivity index (χ1v) is 6.50. The molecule has 0 bridgehead atoms. The van der Waals surface area contributed by atoms with Gasteiger partial charge < -0.3 is 10.1 Å². The van der Waals surface area contributed by atoms with Gasteiger partial charge in [-0.3, -0.25) is 0 Å². The molecule has 2 aromatic rings. The van der Waals surface area contributed by atoms with E-state index in [1.165, 1.54) is 18.2 Å². The van der Waals surface area contributed by atoms with Gasteiger partial charge in [0.05, 0.1) is 6.04 Å². The van der Waals surface area contributed by atoms with Crippen LogP contribution in [0.2, 0.25) is 0 Å². The molecule has 0 radical (unpaired) electrons. The highest BCUT2D eigenvalue weighted by atomic mass is 19.3. The van der Waals surface area contributed by atoms with Crippen molar-refractivity contribution in [1.82, 2.24) is 5.32 Å². The molecule has 1 atom stereocenters. The summed E-state index contributed by atoms with van der Waals surface area (Å²) in [4.78, 5) is 0. The van der Waals surface area contributed by atoms with Crippen LogP contribution in [0.3, 0.4) is 0 Å². The molecule has 2 rings (SSSR count). The van der Waals surface area contributed by atoms with E-state index in [1.54, 1.807) is 31.3 Å². The second kappa shape index (κ2) is 6.63. The van der Waals surface area contributed by atoms with Gasteiger partial charge in [-0.2, -0.15) is 8.78 Å². The highest BCUT2D eigenvalue weighted by molar-refractivity contribution is 5.44. The first kappa shape index (κ1) is 15.4. The first-order valence-electron chi connectivity index (χ1n) is 6.50. The fourth-order valence-corrected chi connectivity index (χ4v) is 2.32. The summed E-state index contributed by atoms with van der Waals surface area (Å²) in [6.07, 6.45) is 0. The molecule has 112 valence electrons. The number of nitrogens with one attached hydrogen (secondary N) is 1. The zero-order chi connectivity index (χ0) is 15.4. The summed E-state index contributed by atoms with van der Waals surface area (Å²) in [5.74, 6) is -0.293. The fourth-order valence-electron chi connectivity index (χ4n) is 2.32. The number of rotatable bonds is 5. The van der Waals surface area contributed by atoms with Crippen molar-refractivity contribution in [2.45, 2.75) is 19.6 Å². The quantitative estimate of drug-likeness (QED) is 0.898. The highest BCUT2D eigenvalue weighted by Crippen LogP contribution is 2.32. The molecule has 21 heavy (non-hydrogen) atoms. The van der Waals surface area contributed by atoms with E-state index >= 15 is 0 Å². The van der Waals surface area contributed by atoms with Gasteiger partial charge in [0, 0.05) is 5.56 Å². The highest BCUT2D eigenvalue weighted by Gasteiger charge is 2.20. The maximum atomic E-state index is 13.5. The summed E-state index contributed by atoms with van der Waals surface area (Å²) in [7, 11) is 1.69. The summed E-state index contributed by atoms with van der Waals surface area (Å²) >= 11 is 0. The van der Waals surface area contributed by atoms with Crippen LogP contribution in [0.1, 0.15) is 22.7 Å². The van der Waals surface area contributed by atoms with Crippen LogP contribution in [0.15, 0.2) is 42.5 Å². The molecule has 0 amide bonds. The molecular formula is C16H16F3NO. The SMILES string of the molecule is CNC(c1cc(F)ccc1C)c1ccccc1OC(F)F. The molecule has 0 aliphatic carbocycles. The molecule has 1 unspecified atom stereocenters. The predicted octanol–water partition coefficient (Wildman–Crippen LogP) is 4.04. The lowest BCUT2D eigenvalue weighted by Crippen LogP contribution is -2.20. The molecule has 0 aromatic heterocycles. The van der Waals surface area contributed by atoms with Crippen LogP contribution >= 0.6 is 0 Å². The van der Waals surface area contributed by atoms with Crippen LogP contribution in [0.25, 0.3) is 0 Å². The maximum Gasteiger partial charge on any atom is 0.387 e. The lowest BCUT2D eigenvalue weighted by atomic mass is 9.94. The Kier molecular flexibility index (Phi) is 4.85. The molecule has 5 heteroatoms. The molecule has 0 aliphatic heterocycles. The van der Waals surface area contributed by atoms with Crippen LogP contribution < -0.4 is 10.1 Å². The molecule has 0 saturated carbocycles. The van der Waals surface area contributed by atoms with Gasteiger partial charge in [0.15, 0.2) is 0 Å². The number of halogens is 3. The van der Waals surface area contributed by atoms with Gasteiger partial charge in [0.25, 0.3) is 0 Å². The Hall–Kier alpha value is -2.01. The fraction of sp³-hybridized carbons (Fsp3) is 0.250. The van der Waals surface area contributed by atoms with E-state index < -0.39 is 12.7 Å². The Morgan fingerprint density at radius 3 is 2.43 bits per heavy atom. The van der Waals surface area contributed by atoms with E-state index in [4.69, 9.17) is 0 Å². The van der Waals surface area contributed by atoms with Crippen molar-refractivity contribution in [2.75, 3.05) is 7.05 Å². The molecule has 1 N–H and O–H groups in total. The van der Waals surface area contributed by atoms with E-state index in [2.05, 4.69) is 10.1 Å². The Balaban J connectivity index is 2.49. The van der Waals surface area contributed by atoms with Crippen molar-refractivity contribution in [1.29, 1.82) is 0 Å². The van der Waals surface area contributed by atoms with Crippen molar-refractivity contribution < 1.29 is 17.9 Å². The zero-order valence-corrected chi connectivity index (χ0v) is 11.7. The number of aryl methyl sites for hydroxylation is 1. The molecule has 2 nitrogen and oxygen atoms in total. The normalized spacial score (nSPS) is 12.5. The molecular weight excluding hydrogens is 279 g/mol. The summed E-state index contributed by atoms with van der Waals surface area (Å²) in [6.45, 7) is -1.06. The van der Waals surface area contributed by atoms with Gasteiger partial charge in [-0.1, -0.05) is 24.3 Å². The molecule has 0 heterocycles. The Bertz CT molecular complexity index is 616. The molecule has 0 aliphatic rings. The standard InChI is InChI=1S/C16H16F3NO/c1-10-7-8-11(17)9-13(10)15(20-2)12-5-3-4-6-14(12)21-16(18)19/h3-9,15-16,20H,1-2H3. The van der Waals surface area contributed by atoms with Gasteiger partial charge in [0.1, 0.15) is 11.6 Å². The van der Waals surface area contributed by atoms with Crippen molar-refractivity contribution in [3.8, 4) is 5.75 Å². The van der Waals surface area contributed by atoms with E-state index in [-0.39, 0.29) is 11.6 Å². The monoisotopic (exact) mass is 295 g/mol. The number of alkyl halides is 2. The largest absolute Gasteiger partial charge is 0.434 e. The second-order valence-corrected chi connectivity index (χ2v) is 4.64. The average molecular weight is 295 g/mol. The van der Waals surface area contributed by atoms with Crippen molar-refractivity contribution in [3.05, 3.63) is 65.0 Å². The van der Waals surface area contributed by atoms with E-state index in [1.807, 2.05) is 6.92 Å². The first-order chi connectivity index (χ1) is 10.0. The molecule has 2 aromatic carbocycles. The van der Waals surface area contributed by atoms with Gasteiger partial charge >= 0.3 is 6.61 Å². The van der Waals surface area contributed by atoms with Crippen LogP contribution in [0, 0.1) is 12.7 Å². The Morgan fingerprint density at radius 2 is 1.76 bits per heavy atom. The topological polar surface area (TPSA) is 21.3 Å². The minimum absolute atomic E-state index is 0.0792. The minimum atomic E-state index is -2.91. The van der Waals surface area contributed by atoms with E-state index in [0.717, 1.165) is 5.56 Å². The van der Waals surface area contributed by atoms with Gasteiger partial charge in [0.2, 0.25) is 0 Å². The van der Waals surface area contributed by atoms with Gasteiger partial charge in [-0.15, -0.1) is 0 Å². The number of hydrogen-bond donors (Lipinski definition) is 1. The molecule has 0 spiro atoms. The third-order valence-corrected chi connectivity index (χ3v) is 3.29. The van der Waals surface area contributed by atoms with Crippen LogP contribution in [0.4, 0.5) is 13.2 Å². The summed E-state index contributed by atoms with van der Waals surface area (Å²) in [5, 5.41) is 3.02. The van der Waals surface area contributed by atoms with Gasteiger partial charge in [-0.25, -0.2) is 4.39 Å². The van der Waals surface area contributed by atoms with Crippen molar-refractivity contribution >= 4 is 0 Å². The summed E-state index contributed by atoms with van der Waals surface area (Å²) in [6, 6.07) is 10.5. The third-order valence-electron chi connectivity index (χ3n) is 3.29. The molecule has 0 saturated heterocycles. The van der Waals surface area contributed by atoms with E-state index in [9.17, 15) is 13.2 Å². The lowest BCUT2D eigenvalue weighted by molar-refractivity contribution is -0.0506. The van der Waals surface area contributed by atoms with Crippen LogP contribution in [-0.4, -0.2) is 13.7 Å². The average Bonchev–Trinajstić information content (AvgIpc) is 2.44. The van der Waals surface area contributed by atoms with Gasteiger partial charge in [-0.05, 0) is 43.3 Å². The summed E-state index contributed by atoms with van der Waals surface area (Å²) in [5.41, 5.74) is 2.08. The zero-order valence-electron chi connectivity index (χ0n) is 11.7. The Labute approximate surface area is 121 Å². The van der Waals surface area contributed by atoms with Crippen LogP contribution in [-0.2, 0) is 0 Å². The predicted molar refractivity (Wildman–Crippen MR) is 75.1 cm³/mol. The van der Waals surface area contributed by atoms with Crippen molar-refractivity contribution in [2.24, 2.45) is 0 Å². The van der Waals surface area contributed by atoms with Crippen molar-refractivity contribution in [3.63, 3.8) is 0 Å². The smallest absolute Gasteiger partial charge is 0.387 e. The number of benzene rings is 2. The minimum Gasteiger partial charge on any atom is -0.434 e. The van der Waals surface area contributed by atoms with Crippen LogP contribution in [0.5, 0.6) is 5.75 Å². The van der Waals surface area contributed by atoms with E-state index in [0.29, 0.717) is 11.1 Å². The number of para-hydroxylation sites is 1. The number of ether oxygens (including phenoxy) is 1. The Morgan fingerprint density at radius 1 is 1.05 bits per heavy atom. The maximum absolute atomic E-state index is 13.5. The second-order valence-electron chi connectivity index (χ2n) is 4.64. The number of hydrogen-bond acceptors (Lipinski definition) is 2. The third kappa shape index (κ3) is 3.55. The summed E-state index contributed by atoms with van der Waals surface area (Å²) < 4.78 is 43.1. The molecule has 0 fully saturated rings.